The van der Waals surface area contributed by atoms with Gasteiger partial charge in [-0.1, -0.05) is 48.5 Å². The van der Waals surface area contributed by atoms with Crippen LogP contribution in [0.4, 0.5) is 4.79 Å². The van der Waals surface area contributed by atoms with E-state index in [4.69, 9.17) is 9.84 Å². The Balaban J connectivity index is 1.59. The van der Waals surface area contributed by atoms with Crippen LogP contribution in [0.5, 0.6) is 0 Å². The summed E-state index contributed by atoms with van der Waals surface area (Å²) in [6.07, 6.45) is -0.444. The third-order valence-corrected chi connectivity index (χ3v) is 5.68. The molecule has 0 heterocycles. The summed E-state index contributed by atoms with van der Waals surface area (Å²) < 4.78 is 5.53. The smallest absolute Gasteiger partial charge is 0.407 e. The van der Waals surface area contributed by atoms with Gasteiger partial charge in [0, 0.05) is 5.92 Å². The molecule has 0 saturated heterocycles. The molecule has 186 valence electrons. The summed E-state index contributed by atoms with van der Waals surface area (Å²) in [5.41, 5.74) is 4.38. The summed E-state index contributed by atoms with van der Waals surface area (Å²) in [5, 5.41) is 15.8. The summed E-state index contributed by atoms with van der Waals surface area (Å²) in [6, 6.07) is 15.0. The third-order valence-electron chi connectivity index (χ3n) is 5.68. The van der Waals surface area contributed by atoms with Crippen molar-refractivity contribution in [1.29, 1.82) is 0 Å². The number of aliphatic carboxylic acids is 1. The molecule has 0 fully saturated rings. The molecule has 1 unspecified atom stereocenters. The van der Waals surface area contributed by atoms with E-state index in [1.54, 1.807) is 0 Å². The van der Waals surface area contributed by atoms with Crippen LogP contribution in [0, 0.1) is 0 Å². The maximum atomic E-state index is 12.6. The lowest BCUT2D eigenvalue weighted by molar-refractivity contribution is -0.137. The number of alkyl carbamates (subject to hydrolysis) is 1. The predicted molar refractivity (Wildman–Crippen MR) is 129 cm³/mol. The summed E-state index contributed by atoms with van der Waals surface area (Å²) in [5.74, 6) is -2.51. The molecule has 2 aromatic rings. The van der Waals surface area contributed by atoms with Crippen molar-refractivity contribution in [3.8, 4) is 11.1 Å². The molecule has 1 aliphatic carbocycles. The molecular formula is C25H30N4O6. The minimum Gasteiger partial charge on any atom is -0.480 e. The van der Waals surface area contributed by atoms with Gasteiger partial charge in [-0.05, 0) is 49.3 Å². The van der Waals surface area contributed by atoms with Gasteiger partial charge in [0.15, 0.2) is 0 Å². The van der Waals surface area contributed by atoms with Gasteiger partial charge in [-0.25, -0.2) is 4.79 Å². The van der Waals surface area contributed by atoms with E-state index in [0.29, 0.717) is 13.0 Å². The fraction of sp³-hybridized carbons (Fsp3) is 0.360. The Morgan fingerprint density at radius 2 is 1.54 bits per heavy atom. The van der Waals surface area contributed by atoms with E-state index < -0.39 is 43.0 Å². The van der Waals surface area contributed by atoms with E-state index in [9.17, 15) is 19.2 Å². The van der Waals surface area contributed by atoms with Crippen LogP contribution in [0.3, 0.4) is 0 Å². The summed E-state index contributed by atoms with van der Waals surface area (Å²) in [7, 11) is 3.67. The van der Waals surface area contributed by atoms with Crippen molar-refractivity contribution in [1.82, 2.24) is 20.9 Å². The lowest BCUT2D eigenvalue weighted by Gasteiger charge is -2.21. The first kappa shape index (κ1) is 25.7. The second-order valence-electron chi connectivity index (χ2n) is 8.50. The third kappa shape index (κ3) is 7.03. The first-order chi connectivity index (χ1) is 16.8. The first-order valence-electron chi connectivity index (χ1n) is 11.3. The zero-order valence-electron chi connectivity index (χ0n) is 19.7. The molecule has 1 atom stereocenters. The lowest BCUT2D eigenvalue weighted by atomic mass is 9.98. The number of benzene rings is 2. The van der Waals surface area contributed by atoms with E-state index in [1.165, 1.54) is 0 Å². The van der Waals surface area contributed by atoms with E-state index in [-0.39, 0.29) is 12.5 Å². The summed E-state index contributed by atoms with van der Waals surface area (Å²) in [4.78, 5) is 49.4. The molecule has 4 N–H and O–H groups in total. The van der Waals surface area contributed by atoms with Gasteiger partial charge < -0.3 is 30.7 Å². The molecule has 0 saturated carbocycles. The quantitative estimate of drug-likeness (QED) is 0.377. The summed E-state index contributed by atoms with van der Waals surface area (Å²) >= 11 is 0. The van der Waals surface area contributed by atoms with E-state index >= 15 is 0 Å². The van der Waals surface area contributed by atoms with Gasteiger partial charge in [0.2, 0.25) is 11.8 Å². The highest BCUT2D eigenvalue weighted by molar-refractivity contribution is 5.90. The number of ether oxygens (including phenoxy) is 1. The number of carboxylic acid groups (broad SMARTS) is 1. The lowest BCUT2D eigenvalue weighted by Crippen LogP contribution is -2.50. The Kier molecular flexibility index (Phi) is 8.80. The van der Waals surface area contributed by atoms with Crippen molar-refractivity contribution in [3.05, 3.63) is 59.7 Å². The molecule has 1 aliphatic rings. The normalized spacial score (nSPS) is 12.9. The van der Waals surface area contributed by atoms with E-state index in [1.807, 2.05) is 67.5 Å². The molecule has 0 aromatic heterocycles. The highest BCUT2D eigenvalue weighted by atomic mass is 16.5. The average Bonchev–Trinajstić information content (AvgIpc) is 3.16. The van der Waals surface area contributed by atoms with Crippen LogP contribution in [-0.4, -0.2) is 80.3 Å². The zero-order valence-corrected chi connectivity index (χ0v) is 19.7. The number of rotatable bonds is 11. The molecule has 10 heteroatoms. The standard InChI is InChI=1S/C25H30N4O6/c1-29(2)12-11-21(24(33)27-13-22(30)26-14-23(31)32)28-25(34)35-15-20-18-9-5-3-7-16(18)17-8-4-6-10-19(17)20/h3-10,20-21H,11-15H2,1-2H3,(H,26,30)(H,27,33)(H,28,34)(H,31,32). The molecule has 0 aliphatic heterocycles. The maximum Gasteiger partial charge on any atom is 0.407 e. The summed E-state index contributed by atoms with van der Waals surface area (Å²) in [6.45, 7) is -0.333. The molecule has 35 heavy (non-hydrogen) atoms. The molecule has 2 aromatic carbocycles. The minimum absolute atomic E-state index is 0.111. The number of hydrogen-bond acceptors (Lipinski definition) is 6. The van der Waals surface area contributed by atoms with Crippen molar-refractivity contribution >= 4 is 23.9 Å². The Morgan fingerprint density at radius 3 is 2.11 bits per heavy atom. The van der Waals surface area contributed by atoms with Gasteiger partial charge in [-0.3, -0.25) is 14.4 Å². The Labute approximate surface area is 203 Å². The van der Waals surface area contributed by atoms with Gasteiger partial charge in [-0.15, -0.1) is 0 Å². The van der Waals surface area contributed by atoms with Crippen molar-refractivity contribution in [2.75, 3.05) is 40.3 Å². The fourth-order valence-electron chi connectivity index (χ4n) is 3.97. The Morgan fingerprint density at radius 1 is 0.943 bits per heavy atom. The molecule has 0 bridgehead atoms. The molecule has 3 amide bonds. The number of amides is 3. The molecule has 3 rings (SSSR count). The van der Waals surface area contributed by atoms with Crippen LogP contribution in [-0.2, 0) is 19.1 Å². The number of fused-ring (bicyclic) bond motifs is 3. The molecule has 10 nitrogen and oxygen atoms in total. The SMILES string of the molecule is CN(C)CCC(NC(=O)OCC1c2ccccc2-c2ccccc21)C(=O)NCC(=O)NCC(=O)O. The van der Waals surface area contributed by atoms with Crippen LogP contribution in [0.25, 0.3) is 11.1 Å². The maximum absolute atomic E-state index is 12.6. The van der Waals surface area contributed by atoms with Crippen LogP contribution >= 0.6 is 0 Å². The van der Waals surface area contributed by atoms with Crippen molar-refractivity contribution in [2.45, 2.75) is 18.4 Å². The number of carboxylic acids is 1. The fourth-order valence-corrected chi connectivity index (χ4v) is 3.97. The van der Waals surface area contributed by atoms with E-state index in [2.05, 4.69) is 16.0 Å². The Hall–Kier alpha value is -3.92. The first-order valence-corrected chi connectivity index (χ1v) is 11.3. The van der Waals surface area contributed by atoms with Gasteiger partial charge in [0.1, 0.15) is 19.2 Å². The largest absolute Gasteiger partial charge is 0.480 e. The molecular weight excluding hydrogens is 452 g/mol. The average molecular weight is 483 g/mol. The number of hydrogen-bond donors (Lipinski definition) is 4. The van der Waals surface area contributed by atoms with Crippen LogP contribution in [0.15, 0.2) is 48.5 Å². The highest BCUT2D eigenvalue weighted by Crippen LogP contribution is 2.44. The number of carbonyl (C=O) groups is 4. The van der Waals surface area contributed by atoms with Gasteiger partial charge >= 0.3 is 12.1 Å². The second kappa shape index (κ2) is 12.0. The number of nitrogens with zero attached hydrogens (tertiary/aromatic N) is 1. The monoisotopic (exact) mass is 482 g/mol. The topological polar surface area (TPSA) is 137 Å². The molecule has 0 spiro atoms. The molecule has 0 radical (unpaired) electrons. The van der Waals surface area contributed by atoms with Crippen molar-refractivity contribution in [3.63, 3.8) is 0 Å². The Bertz CT molecular complexity index is 1040. The number of carbonyl (C=O) groups excluding carboxylic acids is 3. The van der Waals surface area contributed by atoms with Crippen LogP contribution < -0.4 is 16.0 Å². The van der Waals surface area contributed by atoms with Gasteiger partial charge in [-0.2, -0.15) is 0 Å². The number of nitrogens with one attached hydrogen (secondary N) is 3. The van der Waals surface area contributed by atoms with Crippen LogP contribution in [0.1, 0.15) is 23.5 Å². The van der Waals surface area contributed by atoms with Crippen LogP contribution in [0.2, 0.25) is 0 Å². The van der Waals surface area contributed by atoms with Gasteiger partial charge in [0.05, 0.1) is 6.54 Å². The van der Waals surface area contributed by atoms with E-state index in [0.717, 1.165) is 22.3 Å². The second-order valence-corrected chi connectivity index (χ2v) is 8.50. The zero-order chi connectivity index (χ0) is 25.4. The van der Waals surface area contributed by atoms with Crippen molar-refractivity contribution in [2.24, 2.45) is 0 Å². The highest BCUT2D eigenvalue weighted by Gasteiger charge is 2.30. The van der Waals surface area contributed by atoms with Gasteiger partial charge in [0.25, 0.3) is 0 Å². The minimum atomic E-state index is -1.19. The predicted octanol–water partition coefficient (Wildman–Crippen LogP) is 1.16. The van der Waals surface area contributed by atoms with Crippen molar-refractivity contribution < 1.29 is 29.0 Å².